The quantitative estimate of drug-likeness (QED) is 0.844. The van der Waals surface area contributed by atoms with Crippen LogP contribution in [0.25, 0.3) is 0 Å². The summed E-state index contributed by atoms with van der Waals surface area (Å²) in [6.07, 6.45) is 2.86. The van der Waals surface area contributed by atoms with Gasteiger partial charge in [-0.1, -0.05) is 41.4 Å². The Kier molecular flexibility index (Phi) is 4.85. The Hall–Kier alpha value is -2.01. The maximum Gasteiger partial charge on any atom is 0.331 e. The van der Waals surface area contributed by atoms with Gasteiger partial charge in [0.15, 0.2) is 6.04 Å². The molecule has 2 amide bonds. The number of carboxylic acid groups (broad SMARTS) is 1. The van der Waals surface area contributed by atoms with Crippen LogP contribution in [0.4, 0.5) is 4.79 Å². The SMILES string of the molecule is CC1=CCCN(C(=O)N[C@@H](C(=O)O)c2ccccc2Cl)C1. The number of hydrogen-bond donors (Lipinski definition) is 2. The van der Waals surface area contributed by atoms with Crippen LogP contribution < -0.4 is 5.32 Å². The molecule has 0 saturated carbocycles. The lowest BCUT2D eigenvalue weighted by atomic mass is 10.1. The number of benzene rings is 1. The average molecular weight is 309 g/mol. The Morgan fingerprint density at radius 1 is 1.38 bits per heavy atom. The van der Waals surface area contributed by atoms with E-state index in [4.69, 9.17) is 11.6 Å². The number of nitrogens with one attached hydrogen (secondary N) is 1. The summed E-state index contributed by atoms with van der Waals surface area (Å²) >= 11 is 6.02. The van der Waals surface area contributed by atoms with Crippen molar-refractivity contribution in [2.24, 2.45) is 0 Å². The molecule has 2 N–H and O–H groups in total. The van der Waals surface area contributed by atoms with E-state index in [-0.39, 0.29) is 0 Å². The summed E-state index contributed by atoms with van der Waals surface area (Å²) < 4.78 is 0. The van der Waals surface area contributed by atoms with Crippen molar-refractivity contribution in [3.05, 3.63) is 46.5 Å². The Bertz CT molecular complexity index is 586. The predicted molar refractivity (Wildman–Crippen MR) is 80.3 cm³/mol. The number of halogens is 1. The summed E-state index contributed by atoms with van der Waals surface area (Å²) in [4.78, 5) is 25.3. The van der Waals surface area contributed by atoms with Gasteiger partial charge in [-0.2, -0.15) is 0 Å². The van der Waals surface area contributed by atoms with Crippen LogP contribution in [0.1, 0.15) is 24.9 Å². The number of carbonyl (C=O) groups excluding carboxylic acids is 1. The van der Waals surface area contributed by atoms with Crippen molar-refractivity contribution >= 4 is 23.6 Å². The smallest absolute Gasteiger partial charge is 0.331 e. The third kappa shape index (κ3) is 3.76. The van der Waals surface area contributed by atoms with Gasteiger partial charge in [0.25, 0.3) is 0 Å². The first-order valence-corrected chi connectivity index (χ1v) is 7.05. The van der Waals surface area contributed by atoms with Crippen molar-refractivity contribution in [3.63, 3.8) is 0 Å². The van der Waals surface area contributed by atoms with Crippen LogP contribution in [-0.4, -0.2) is 35.1 Å². The normalized spacial score (nSPS) is 16.1. The molecule has 5 nitrogen and oxygen atoms in total. The number of carboxylic acids is 1. The second kappa shape index (κ2) is 6.63. The standard InChI is InChI=1S/C15H17ClN2O3/c1-10-5-4-8-18(9-10)15(21)17-13(14(19)20)11-6-2-3-7-12(11)16/h2-3,5-7,13H,4,8-9H2,1H3,(H,17,21)(H,19,20)/t13-/m1/s1. The van der Waals surface area contributed by atoms with Gasteiger partial charge in [0.2, 0.25) is 0 Å². The monoisotopic (exact) mass is 308 g/mol. The summed E-state index contributed by atoms with van der Waals surface area (Å²) in [5, 5.41) is 12.2. The predicted octanol–water partition coefficient (Wildman–Crippen LogP) is 2.83. The zero-order chi connectivity index (χ0) is 15.4. The van der Waals surface area contributed by atoms with Crippen molar-refractivity contribution in [1.82, 2.24) is 10.2 Å². The third-order valence-electron chi connectivity index (χ3n) is 3.35. The average Bonchev–Trinajstić information content (AvgIpc) is 2.45. The van der Waals surface area contributed by atoms with E-state index in [2.05, 4.69) is 11.4 Å². The molecule has 21 heavy (non-hydrogen) atoms. The molecule has 112 valence electrons. The molecule has 0 bridgehead atoms. The third-order valence-corrected chi connectivity index (χ3v) is 3.69. The topological polar surface area (TPSA) is 69.6 Å². The molecular formula is C15H17ClN2O3. The molecule has 0 fully saturated rings. The number of carbonyl (C=O) groups is 2. The maximum atomic E-state index is 12.2. The largest absolute Gasteiger partial charge is 0.479 e. The fraction of sp³-hybridized carbons (Fsp3) is 0.333. The van der Waals surface area contributed by atoms with Gasteiger partial charge in [-0.15, -0.1) is 0 Å². The van der Waals surface area contributed by atoms with Gasteiger partial charge < -0.3 is 15.3 Å². The van der Waals surface area contributed by atoms with Crippen molar-refractivity contribution in [2.75, 3.05) is 13.1 Å². The summed E-state index contributed by atoms with van der Waals surface area (Å²) in [7, 11) is 0. The summed E-state index contributed by atoms with van der Waals surface area (Å²) in [5.74, 6) is -1.14. The Morgan fingerprint density at radius 3 is 2.71 bits per heavy atom. The Balaban J connectivity index is 2.14. The molecule has 1 atom stereocenters. The lowest BCUT2D eigenvalue weighted by Crippen LogP contribution is -2.45. The highest BCUT2D eigenvalue weighted by Crippen LogP contribution is 2.23. The van der Waals surface area contributed by atoms with Crippen LogP contribution in [0.15, 0.2) is 35.9 Å². The number of aliphatic carboxylic acids is 1. The molecule has 0 spiro atoms. The second-order valence-corrected chi connectivity index (χ2v) is 5.41. The van der Waals surface area contributed by atoms with E-state index in [1.54, 1.807) is 29.2 Å². The number of urea groups is 1. The fourth-order valence-electron chi connectivity index (χ4n) is 2.28. The van der Waals surface area contributed by atoms with Gasteiger partial charge in [0, 0.05) is 23.7 Å². The van der Waals surface area contributed by atoms with Crippen LogP contribution in [0.2, 0.25) is 5.02 Å². The van der Waals surface area contributed by atoms with Gasteiger partial charge >= 0.3 is 12.0 Å². The number of hydrogen-bond acceptors (Lipinski definition) is 2. The summed E-state index contributed by atoms with van der Waals surface area (Å²) in [6.45, 7) is 3.04. The van der Waals surface area contributed by atoms with E-state index in [1.807, 2.05) is 6.92 Å². The maximum absolute atomic E-state index is 12.2. The zero-order valence-corrected chi connectivity index (χ0v) is 12.4. The lowest BCUT2D eigenvalue weighted by molar-refractivity contribution is -0.139. The number of nitrogens with zero attached hydrogens (tertiary/aromatic N) is 1. The fourth-order valence-corrected chi connectivity index (χ4v) is 2.53. The Morgan fingerprint density at radius 2 is 2.10 bits per heavy atom. The van der Waals surface area contributed by atoms with Crippen molar-refractivity contribution in [2.45, 2.75) is 19.4 Å². The van der Waals surface area contributed by atoms with E-state index >= 15 is 0 Å². The van der Waals surface area contributed by atoms with Gasteiger partial charge in [-0.3, -0.25) is 0 Å². The highest BCUT2D eigenvalue weighted by Gasteiger charge is 2.27. The Labute approximate surface area is 128 Å². The molecule has 1 aromatic carbocycles. The number of rotatable bonds is 3. The van der Waals surface area contributed by atoms with E-state index in [9.17, 15) is 14.7 Å². The van der Waals surface area contributed by atoms with E-state index in [0.29, 0.717) is 23.7 Å². The molecule has 0 unspecified atom stereocenters. The molecule has 1 aliphatic heterocycles. The number of amides is 2. The van der Waals surface area contributed by atoms with Crippen LogP contribution in [0.5, 0.6) is 0 Å². The minimum Gasteiger partial charge on any atom is -0.479 e. The first kappa shape index (κ1) is 15.4. The van der Waals surface area contributed by atoms with Crippen molar-refractivity contribution in [3.8, 4) is 0 Å². The highest BCUT2D eigenvalue weighted by molar-refractivity contribution is 6.31. The molecular weight excluding hydrogens is 292 g/mol. The molecule has 2 rings (SSSR count). The van der Waals surface area contributed by atoms with Crippen molar-refractivity contribution < 1.29 is 14.7 Å². The molecule has 0 aliphatic carbocycles. The first-order chi connectivity index (χ1) is 9.99. The highest BCUT2D eigenvalue weighted by atomic mass is 35.5. The zero-order valence-electron chi connectivity index (χ0n) is 11.7. The summed E-state index contributed by atoms with van der Waals surface area (Å²) in [5.41, 5.74) is 1.48. The van der Waals surface area contributed by atoms with Crippen LogP contribution in [-0.2, 0) is 4.79 Å². The molecule has 6 heteroatoms. The van der Waals surface area contributed by atoms with Crippen LogP contribution >= 0.6 is 11.6 Å². The molecule has 0 radical (unpaired) electrons. The molecule has 0 saturated heterocycles. The van der Waals surface area contributed by atoms with Crippen molar-refractivity contribution in [1.29, 1.82) is 0 Å². The van der Waals surface area contributed by atoms with E-state index in [1.165, 1.54) is 0 Å². The van der Waals surface area contributed by atoms with Crippen LogP contribution in [0.3, 0.4) is 0 Å². The molecule has 1 heterocycles. The van der Waals surface area contributed by atoms with Crippen LogP contribution in [0, 0.1) is 0 Å². The molecule has 1 aromatic rings. The lowest BCUT2D eigenvalue weighted by Gasteiger charge is -2.28. The minimum atomic E-state index is -1.16. The molecule has 1 aliphatic rings. The minimum absolute atomic E-state index is 0.319. The first-order valence-electron chi connectivity index (χ1n) is 6.67. The van der Waals surface area contributed by atoms with Gasteiger partial charge in [-0.25, -0.2) is 9.59 Å². The van der Waals surface area contributed by atoms with E-state index in [0.717, 1.165) is 12.0 Å². The van der Waals surface area contributed by atoms with Gasteiger partial charge in [0.1, 0.15) is 0 Å². The molecule has 0 aromatic heterocycles. The van der Waals surface area contributed by atoms with Gasteiger partial charge in [-0.05, 0) is 19.4 Å². The summed E-state index contributed by atoms with van der Waals surface area (Å²) in [6, 6.07) is 5.06. The van der Waals surface area contributed by atoms with Gasteiger partial charge in [0.05, 0.1) is 0 Å². The van der Waals surface area contributed by atoms with E-state index < -0.39 is 18.0 Å². The second-order valence-electron chi connectivity index (χ2n) is 5.00.